The van der Waals surface area contributed by atoms with Crippen LogP contribution >= 0.6 is 11.3 Å². The van der Waals surface area contributed by atoms with E-state index in [1.165, 1.54) is 11.3 Å². The molecule has 0 aliphatic carbocycles. The molecule has 0 fully saturated rings. The van der Waals surface area contributed by atoms with Crippen LogP contribution in [0.15, 0.2) is 36.8 Å². The molecule has 1 aromatic heterocycles. The maximum absolute atomic E-state index is 12.2. The second-order valence-corrected chi connectivity index (χ2v) is 5.36. The summed E-state index contributed by atoms with van der Waals surface area (Å²) in [6, 6.07) is 1.30. The van der Waals surface area contributed by atoms with Crippen LogP contribution in [-0.2, 0) is 4.79 Å². The van der Waals surface area contributed by atoms with E-state index in [0.29, 0.717) is 18.0 Å². The highest BCUT2D eigenvalue weighted by atomic mass is 32.1. The van der Waals surface area contributed by atoms with Gasteiger partial charge in [-0.3, -0.25) is 9.59 Å². The fraction of sp³-hybridized carbons (Fsp3) is 0.333. The minimum atomic E-state index is -0.580. The molecule has 4 nitrogen and oxygen atoms in total. The Kier molecular flexibility index (Phi) is 6.18. The van der Waals surface area contributed by atoms with Gasteiger partial charge in [0, 0.05) is 13.1 Å². The van der Waals surface area contributed by atoms with E-state index in [1.807, 2.05) is 18.4 Å². The molecule has 0 aliphatic heterocycles. The summed E-state index contributed by atoms with van der Waals surface area (Å²) >= 11 is 1.37. The lowest BCUT2D eigenvalue weighted by atomic mass is 10.2. The normalized spacial score (nSPS) is 11.5. The Bertz CT molecular complexity index is 498. The lowest BCUT2D eigenvalue weighted by molar-refractivity contribution is -0.131. The van der Waals surface area contributed by atoms with Crippen LogP contribution in [0.4, 0.5) is 0 Å². The first-order valence-electron chi connectivity index (χ1n) is 6.36. The average molecular weight is 292 g/mol. The highest BCUT2D eigenvalue weighted by Gasteiger charge is 2.22. The zero-order chi connectivity index (χ0) is 15.1. The van der Waals surface area contributed by atoms with E-state index in [9.17, 15) is 9.59 Å². The molecule has 0 aliphatic rings. The van der Waals surface area contributed by atoms with Crippen LogP contribution in [0.1, 0.15) is 22.2 Å². The molecule has 20 heavy (non-hydrogen) atoms. The first kappa shape index (κ1) is 16.2. The van der Waals surface area contributed by atoms with Crippen molar-refractivity contribution in [3.63, 3.8) is 0 Å². The van der Waals surface area contributed by atoms with E-state index in [-0.39, 0.29) is 11.8 Å². The van der Waals surface area contributed by atoms with Gasteiger partial charge >= 0.3 is 0 Å². The summed E-state index contributed by atoms with van der Waals surface area (Å²) in [5, 5.41) is 4.59. The Morgan fingerprint density at radius 1 is 1.40 bits per heavy atom. The van der Waals surface area contributed by atoms with Crippen LogP contribution in [0.2, 0.25) is 0 Å². The summed E-state index contributed by atoms with van der Waals surface area (Å²) in [5.41, 5.74) is 0.918. The SMILES string of the molecule is C=CCN(CC=C)C(=O)C(C)NC(=O)c1sccc1C. The molecule has 5 heteroatoms. The number of nitrogens with one attached hydrogen (secondary N) is 1. The van der Waals surface area contributed by atoms with E-state index in [4.69, 9.17) is 0 Å². The Morgan fingerprint density at radius 3 is 2.45 bits per heavy atom. The number of carbonyl (C=O) groups excluding carboxylic acids is 2. The number of thiophene rings is 1. The number of aryl methyl sites for hydroxylation is 1. The molecule has 1 N–H and O–H groups in total. The minimum Gasteiger partial charge on any atom is -0.340 e. The van der Waals surface area contributed by atoms with E-state index < -0.39 is 6.04 Å². The lowest BCUT2D eigenvalue weighted by Gasteiger charge is -2.23. The van der Waals surface area contributed by atoms with Crippen LogP contribution < -0.4 is 5.32 Å². The molecule has 1 unspecified atom stereocenters. The Balaban J connectivity index is 2.69. The summed E-state index contributed by atoms with van der Waals surface area (Å²) in [7, 11) is 0. The molecule has 0 radical (unpaired) electrons. The first-order chi connectivity index (χ1) is 9.51. The zero-order valence-corrected chi connectivity index (χ0v) is 12.7. The van der Waals surface area contributed by atoms with Gasteiger partial charge in [-0.25, -0.2) is 0 Å². The number of carbonyl (C=O) groups is 2. The van der Waals surface area contributed by atoms with Gasteiger partial charge in [0.1, 0.15) is 6.04 Å². The maximum Gasteiger partial charge on any atom is 0.262 e. The fourth-order valence-corrected chi connectivity index (χ4v) is 2.60. The van der Waals surface area contributed by atoms with Crippen LogP contribution in [0.25, 0.3) is 0 Å². The third-order valence-corrected chi connectivity index (χ3v) is 3.81. The molecule has 1 aromatic rings. The van der Waals surface area contributed by atoms with Crippen LogP contribution in [0.3, 0.4) is 0 Å². The molecular formula is C15H20N2O2S. The molecule has 0 aromatic carbocycles. The number of rotatable bonds is 7. The maximum atomic E-state index is 12.2. The van der Waals surface area contributed by atoms with E-state index in [1.54, 1.807) is 24.0 Å². The fourth-order valence-electron chi connectivity index (χ4n) is 1.77. The monoisotopic (exact) mass is 292 g/mol. The van der Waals surface area contributed by atoms with E-state index >= 15 is 0 Å². The van der Waals surface area contributed by atoms with Crippen molar-refractivity contribution < 1.29 is 9.59 Å². The number of hydrogen-bond donors (Lipinski definition) is 1. The summed E-state index contributed by atoms with van der Waals surface area (Å²) in [6.45, 7) is 11.7. The largest absolute Gasteiger partial charge is 0.340 e. The van der Waals surface area contributed by atoms with Gasteiger partial charge in [-0.05, 0) is 30.9 Å². The van der Waals surface area contributed by atoms with E-state index in [0.717, 1.165) is 5.56 Å². The van der Waals surface area contributed by atoms with Gasteiger partial charge in [-0.2, -0.15) is 0 Å². The standard InChI is InChI=1S/C15H20N2O2S/c1-5-8-17(9-6-2)15(19)12(4)16-14(18)13-11(3)7-10-20-13/h5-7,10,12H,1-2,8-9H2,3-4H3,(H,16,18). The quantitative estimate of drug-likeness (QED) is 0.784. The van der Waals surface area contributed by atoms with Gasteiger partial charge in [-0.15, -0.1) is 24.5 Å². The number of hydrogen-bond acceptors (Lipinski definition) is 3. The number of nitrogens with zero attached hydrogens (tertiary/aromatic N) is 1. The van der Waals surface area contributed by atoms with Crippen molar-refractivity contribution in [1.82, 2.24) is 10.2 Å². The van der Waals surface area contributed by atoms with Crippen molar-refractivity contribution in [1.29, 1.82) is 0 Å². The van der Waals surface area contributed by atoms with Crippen LogP contribution in [0.5, 0.6) is 0 Å². The van der Waals surface area contributed by atoms with Gasteiger partial charge in [0.15, 0.2) is 0 Å². The highest BCUT2D eigenvalue weighted by Crippen LogP contribution is 2.15. The van der Waals surface area contributed by atoms with Gasteiger partial charge in [0.05, 0.1) is 4.88 Å². The van der Waals surface area contributed by atoms with Gasteiger partial charge in [0.2, 0.25) is 5.91 Å². The summed E-state index contributed by atoms with van der Waals surface area (Å²) in [4.78, 5) is 26.5. The minimum absolute atomic E-state index is 0.146. The molecule has 1 atom stereocenters. The Hall–Kier alpha value is -1.88. The predicted octanol–water partition coefficient (Wildman–Crippen LogP) is 2.38. The Labute approximate surface area is 123 Å². The van der Waals surface area contributed by atoms with Crippen molar-refractivity contribution in [2.24, 2.45) is 0 Å². The van der Waals surface area contributed by atoms with Crippen molar-refractivity contribution in [3.05, 3.63) is 47.2 Å². The van der Waals surface area contributed by atoms with Crippen molar-refractivity contribution in [2.45, 2.75) is 19.9 Å². The van der Waals surface area contributed by atoms with Gasteiger partial charge in [0.25, 0.3) is 5.91 Å². The molecule has 1 heterocycles. The molecule has 0 spiro atoms. The second-order valence-electron chi connectivity index (χ2n) is 4.45. The van der Waals surface area contributed by atoms with Crippen molar-refractivity contribution >= 4 is 23.2 Å². The van der Waals surface area contributed by atoms with Crippen LogP contribution in [-0.4, -0.2) is 35.8 Å². The molecule has 1 rings (SSSR count). The summed E-state index contributed by atoms with van der Waals surface area (Å²) in [5.74, 6) is -0.358. The third-order valence-electron chi connectivity index (χ3n) is 2.80. The molecule has 0 bridgehead atoms. The van der Waals surface area contributed by atoms with Crippen LogP contribution in [0, 0.1) is 6.92 Å². The van der Waals surface area contributed by atoms with Crippen molar-refractivity contribution in [3.8, 4) is 0 Å². The van der Waals surface area contributed by atoms with Crippen molar-refractivity contribution in [2.75, 3.05) is 13.1 Å². The van der Waals surface area contributed by atoms with Gasteiger partial charge in [-0.1, -0.05) is 12.2 Å². The van der Waals surface area contributed by atoms with E-state index in [2.05, 4.69) is 18.5 Å². The summed E-state index contributed by atoms with van der Waals surface area (Å²) < 4.78 is 0. The lowest BCUT2D eigenvalue weighted by Crippen LogP contribution is -2.47. The zero-order valence-electron chi connectivity index (χ0n) is 11.9. The molecule has 2 amide bonds. The smallest absolute Gasteiger partial charge is 0.262 e. The van der Waals surface area contributed by atoms with Gasteiger partial charge < -0.3 is 10.2 Å². The molecule has 0 saturated heterocycles. The second kappa shape index (κ2) is 7.65. The highest BCUT2D eigenvalue weighted by molar-refractivity contribution is 7.12. The molecule has 0 saturated carbocycles. The average Bonchev–Trinajstić information content (AvgIpc) is 2.84. The number of amides is 2. The first-order valence-corrected chi connectivity index (χ1v) is 7.24. The predicted molar refractivity (Wildman–Crippen MR) is 83.0 cm³/mol. The topological polar surface area (TPSA) is 49.4 Å². The Morgan fingerprint density at radius 2 is 2.00 bits per heavy atom. The summed E-state index contributed by atoms with van der Waals surface area (Å²) in [6.07, 6.45) is 3.30. The molecular weight excluding hydrogens is 272 g/mol. The molecule has 108 valence electrons. The third kappa shape index (κ3) is 4.06.